The average Bonchev–Trinajstić information content (AvgIpc) is 2.91. The molecule has 4 heteroatoms. The van der Waals surface area contributed by atoms with Crippen LogP contribution in [0.3, 0.4) is 0 Å². The minimum Gasteiger partial charge on any atom is -0.478 e. The standard InChI is InChI=1S/C18H23NO3/c1-11(2)13-10-22-17(19-13)18(3)14(15(18)16(20)21-4)12-8-6-5-7-9-12/h5-9,11,13-15H,10H2,1-4H3/t13-,14-,15+,18-/m1/s1. The smallest absolute Gasteiger partial charge is 0.310 e. The first-order valence-electron chi connectivity index (χ1n) is 7.84. The van der Waals surface area contributed by atoms with Crippen molar-refractivity contribution < 1.29 is 14.3 Å². The van der Waals surface area contributed by atoms with Gasteiger partial charge in [-0.15, -0.1) is 0 Å². The van der Waals surface area contributed by atoms with E-state index < -0.39 is 5.41 Å². The van der Waals surface area contributed by atoms with Crippen molar-refractivity contribution in [3.8, 4) is 0 Å². The van der Waals surface area contributed by atoms with E-state index in [1.54, 1.807) is 0 Å². The van der Waals surface area contributed by atoms with Gasteiger partial charge in [-0.2, -0.15) is 0 Å². The second kappa shape index (κ2) is 5.41. The lowest BCUT2D eigenvalue weighted by Crippen LogP contribution is -2.19. The minimum absolute atomic E-state index is 0.0748. The molecule has 1 heterocycles. The van der Waals surface area contributed by atoms with E-state index in [9.17, 15) is 4.79 Å². The Labute approximate surface area is 131 Å². The van der Waals surface area contributed by atoms with E-state index in [0.29, 0.717) is 12.5 Å². The first kappa shape index (κ1) is 15.1. The fraction of sp³-hybridized carbons (Fsp3) is 0.556. The van der Waals surface area contributed by atoms with Crippen LogP contribution in [0.5, 0.6) is 0 Å². The van der Waals surface area contributed by atoms with E-state index in [1.165, 1.54) is 7.11 Å². The highest BCUT2D eigenvalue weighted by Crippen LogP contribution is 2.66. The van der Waals surface area contributed by atoms with Crippen molar-refractivity contribution in [1.29, 1.82) is 0 Å². The summed E-state index contributed by atoms with van der Waals surface area (Å²) in [5, 5.41) is 0. The summed E-state index contributed by atoms with van der Waals surface area (Å²) >= 11 is 0. The van der Waals surface area contributed by atoms with Crippen LogP contribution in [-0.4, -0.2) is 31.6 Å². The van der Waals surface area contributed by atoms with Crippen molar-refractivity contribution in [2.45, 2.75) is 32.7 Å². The van der Waals surface area contributed by atoms with Crippen LogP contribution in [0, 0.1) is 17.3 Å². The molecule has 1 aromatic rings. The highest BCUT2D eigenvalue weighted by molar-refractivity contribution is 5.97. The number of methoxy groups -OCH3 is 1. The molecular formula is C18H23NO3. The lowest BCUT2D eigenvalue weighted by molar-refractivity contribution is -0.142. The maximum atomic E-state index is 12.2. The van der Waals surface area contributed by atoms with Gasteiger partial charge in [-0.1, -0.05) is 44.2 Å². The van der Waals surface area contributed by atoms with Gasteiger partial charge in [0, 0.05) is 5.92 Å². The maximum Gasteiger partial charge on any atom is 0.310 e. The van der Waals surface area contributed by atoms with E-state index in [1.807, 2.05) is 18.2 Å². The predicted molar refractivity (Wildman–Crippen MR) is 84.8 cm³/mol. The number of carbonyl (C=O) groups is 1. The normalized spacial score (nSPS) is 33.3. The molecule has 1 aromatic carbocycles. The zero-order valence-electron chi connectivity index (χ0n) is 13.6. The fourth-order valence-electron chi connectivity index (χ4n) is 3.51. The van der Waals surface area contributed by atoms with E-state index in [0.717, 1.165) is 11.5 Å². The van der Waals surface area contributed by atoms with Gasteiger partial charge in [-0.3, -0.25) is 4.79 Å². The maximum absolute atomic E-state index is 12.2. The second-order valence-corrected chi connectivity index (χ2v) is 6.73. The van der Waals surface area contributed by atoms with E-state index in [4.69, 9.17) is 14.5 Å². The SMILES string of the molecule is COC(=O)[C@@H]1[C@@H](c2ccccc2)[C@@]1(C)C1=N[C@@H](C(C)C)CO1. The van der Waals surface area contributed by atoms with Crippen LogP contribution in [0.4, 0.5) is 0 Å². The average molecular weight is 301 g/mol. The molecule has 2 aliphatic rings. The van der Waals surface area contributed by atoms with Crippen molar-refractivity contribution in [3.63, 3.8) is 0 Å². The lowest BCUT2D eigenvalue weighted by Gasteiger charge is -2.11. The van der Waals surface area contributed by atoms with Crippen molar-refractivity contribution in [2.24, 2.45) is 22.2 Å². The first-order valence-corrected chi connectivity index (χ1v) is 7.84. The molecule has 1 aliphatic heterocycles. The number of ether oxygens (including phenoxy) is 2. The highest BCUT2D eigenvalue weighted by Gasteiger charge is 2.70. The Bertz CT molecular complexity index is 596. The van der Waals surface area contributed by atoms with Crippen molar-refractivity contribution >= 4 is 11.9 Å². The number of esters is 1. The van der Waals surface area contributed by atoms with Gasteiger partial charge in [0.1, 0.15) is 6.61 Å². The Kier molecular flexibility index (Phi) is 3.71. The van der Waals surface area contributed by atoms with Crippen molar-refractivity contribution in [3.05, 3.63) is 35.9 Å². The van der Waals surface area contributed by atoms with Gasteiger partial charge >= 0.3 is 5.97 Å². The molecule has 0 amide bonds. The number of carbonyl (C=O) groups excluding carboxylic acids is 1. The molecule has 0 saturated heterocycles. The lowest BCUT2D eigenvalue weighted by atomic mass is 10.0. The van der Waals surface area contributed by atoms with Crippen LogP contribution in [0.2, 0.25) is 0 Å². The summed E-state index contributed by atoms with van der Waals surface area (Å²) in [6.45, 7) is 6.95. The molecule has 0 N–H and O–H groups in total. The van der Waals surface area contributed by atoms with Crippen LogP contribution in [-0.2, 0) is 14.3 Å². The predicted octanol–water partition coefficient (Wildman–Crippen LogP) is 3.03. The Morgan fingerprint density at radius 2 is 2.05 bits per heavy atom. The summed E-state index contributed by atoms with van der Waals surface area (Å²) in [7, 11) is 1.44. The summed E-state index contributed by atoms with van der Waals surface area (Å²) in [4.78, 5) is 17.0. The number of rotatable bonds is 4. The Morgan fingerprint density at radius 1 is 1.36 bits per heavy atom. The topological polar surface area (TPSA) is 47.9 Å². The molecule has 22 heavy (non-hydrogen) atoms. The van der Waals surface area contributed by atoms with E-state index in [2.05, 4.69) is 32.9 Å². The van der Waals surface area contributed by atoms with Gasteiger partial charge in [-0.05, 0) is 18.4 Å². The number of benzene rings is 1. The van der Waals surface area contributed by atoms with Crippen LogP contribution in [0.1, 0.15) is 32.3 Å². The molecule has 1 saturated carbocycles. The molecule has 118 valence electrons. The molecule has 0 spiro atoms. The third kappa shape index (κ3) is 2.21. The first-order chi connectivity index (χ1) is 10.5. The number of hydrogen-bond acceptors (Lipinski definition) is 4. The summed E-state index contributed by atoms with van der Waals surface area (Å²) in [5.74, 6) is 0.827. The van der Waals surface area contributed by atoms with Gasteiger partial charge in [0.15, 0.2) is 5.90 Å². The fourth-order valence-corrected chi connectivity index (χ4v) is 3.51. The van der Waals surface area contributed by atoms with Crippen molar-refractivity contribution in [1.82, 2.24) is 0 Å². The summed E-state index contributed by atoms with van der Waals surface area (Å²) in [5.41, 5.74) is 0.748. The Morgan fingerprint density at radius 3 is 2.59 bits per heavy atom. The zero-order chi connectivity index (χ0) is 15.9. The van der Waals surface area contributed by atoms with Crippen molar-refractivity contribution in [2.75, 3.05) is 13.7 Å². The third-order valence-electron chi connectivity index (χ3n) is 5.03. The summed E-state index contributed by atoms with van der Waals surface area (Å²) in [6, 6.07) is 10.3. The Balaban J connectivity index is 1.93. The highest BCUT2D eigenvalue weighted by atomic mass is 16.5. The molecule has 0 unspecified atom stereocenters. The van der Waals surface area contributed by atoms with Gasteiger partial charge in [0.2, 0.25) is 0 Å². The van der Waals surface area contributed by atoms with Gasteiger partial charge in [0.05, 0.1) is 24.5 Å². The summed E-state index contributed by atoms with van der Waals surface area (Å²) in [6.07, 6.45) is 0. The number of hydrogen-bond donors (Lipinski definition) is 0. The molecule has 4 atom stereocenters. The van der Waals surface area contributed by atoms with Crippen LogP contribution >= 0.6 is 0 Å². The van der Waals surface area contributed by atoms with Crippen LogP contribution in [0.25, 0.3) is 0 Å². The molecule has 0 aromatic heterocycles. The zero-order valence-corrected chi connectivity index (χ0v) is 13.6. The monoisotopic (exact) mass is 301 g/mol. The van der Waals surface area contributed by atoms with Crippen LogP contribution in [0.15, 0.2) is 35.3 Å². The van der Waals surface area contributed by atoms with E-state index >= 15 is 0 Å². The van der Waals surface area contributed by atoms with E-state index in [-0.39, 0.29) is 23.8 Å². The third-order valence-corrected chi connectivity index (χ3v) is 5.03. The largest absolute Gasteiger partial charge is 0.478 e. The molecular weight excluding hydrogens is 278 g/mol. The van der Waals surface area contributed by atoms with Gasteiger partial charge < -0.3 is 9.47 Å². The molecule has 1 fully saturated rings. The Hall–Kier alpha value is -1.84. The molecule has 0 radical (unpaired) electrons. The van der Waals surface area contributed by atoms with Gasteiger partial charge in [0.25, 0.3) is 0 Å². The molecule has 3 rings (SSSR count). The minimum atomic E-state index is -0.391. The molecule has 1 aliphatic carbocycles. The number of nitrogens with zero attached hydrogens (tertiary/aromatic N) is 1. The second-order valence-electron chi connectivity index (χ2n) is 6.73. The van der Waals surface area contributed by atoms with Gasteiger partial charge in [-0.25, -0.2) is 4.99 Å². The molecule has 4 nitrogen and oxygen atoms in total. The van der Waals surface area contributed by atoms with Crippen LogP contribution < -0.4 is 0 Å². The molecule has 0 bridgehead atoms. The summed E-state index contributed by atoms with van der Waals surface area (Å²) < 4.78 is 10.9. The quantitative estimate of drug-likeness (QED) is 0.803. The number of aliphatic imine (C=N–C) groups is 1.